The molecular formula is C10H16ClN3O2. The molecular weight excluding hydrogens is 230 g/mol. The van der Waals surface area contributed by atoms with E-state index >= 15 is 0 Å². The van der Waals surface area contributed by atoms with Gasteiger partial charge in [-0.15, -0.1) is 0 Å². The summed E-state index contributed by atoms with van der Waals surface area (Å²) >= 11 is 5.92. The summed E-state index contributed by atoms with van der Waals surface area (Å²) in [7, 11) is 1.50. The molecule has 1 heterocycles. The van der Waals surface area contributed by atoms with Crippen molar-refractivity contribution in [3.8, 4) is 0 Å². The van der Waals surface area contributed by atoms with Crippen molar-refractivity contribution in [1.29, 1.82) is 0 Å². The van der Waals surface area contributed by atoms with Gasteiger partial charge in [-0.05, 0) is 6.42 Å². The van der Waals surface area contributed by atoms with E-state index in [0.717, 1.165) is 6.42 Å². The van der Waals surface area contributed by atoms with Crippen molar-refractivity contribution in [2.75, 3.05) is 13.7 Å². The summed E-state index contributed by atoms with van der Waals surface area (Å²) in [6.45, 7) is 2.82. The number of nitrogens with two attached hydrogens (primary N) is 1. The smallest absolute Gasteiger partial charge is 0.201 e. The van der Waals surface area contributed by atoms with Crippen LogP contribution in [0.3, 0.4) is 0 Å². The quantitative estimate of drug-likeness (QED) is 0.762. The van der Waals surface area contributed by atoms with E-state index in [4.69, 9.17) is 22.1 Å². The fourth-order valence-corrected chi connectivity index (χ4v) is 1.65. The second kappa shape index (κ2) is 5.98. The highest BCUT2D eigenvalue weighted by molar-refractivity contribution is 6.33. The summed E-state index contributed by atoms with van der Waals surface area (Å²) in [6.07, 6.45) is 2.34. The van der Waals surface area contributed by atoms with Crippen molar-refractivity contribution in [3.63, 3.8) is 0 Å². The van der Waals surface area contributed by atoms with Crippen molar-refractivity contribution >= 4 is 17.4 Å². The molecule has 0 saturated heterocycles. The highest BCUT2D eigenvalue weighted by atomic mass is 35.5. The van der Waals surface area contributed by atoms with Gasteiger partial charge in [0.1, 0.15) is 5.69 Å². The molecule has 0 bridgehead atoms. The van der Waals surface area contributed by atoms with E-state index in [2.05, 4.69) is 5.10 Å². The standard InChI is InChI=1S/C10H16ClN3O2/c1-3-4-14-9(7(11)5-13-14)10(15)8(12)6-16-2/h5,8H,3-4,6,12H2,1-2H3. The lowest BCUT2D eigenvalue weighted by atomic mass is 10.1. The molecule has 6 heteroatoms. The van der Waals surface area contributed by atoms with Gasteiger partial charge in [0.05, 0.1) is 23.9 Å². The van der Waals surface area contributed by atoms with Gasteiger partial charge in [0, 0.05) is 13.7 Å². The predicted molar refractivity (Wildman–Crippen MR) is 61.7 cm³/mol. The summed E-state index contributed by atoms with van der Waals surface area (Å²) in [4.78, 5) is 12.0. The van der Waals surface area contributed by atoms with E-state index in [0.29, 0.717) is 17.3 Å². The number of carbonyl (C=O) groups is 1. The van der Waals surface area contributed by atoms with Gasteiger partial charge >= 0.3 is 0 Å². The number of hydrogen-bond donors (Lipinski definition) is 1. The molecule has 0 aliphatic heterocycles. The molecule has 0 saturated carbocycles. The minimum Gasteiger partial charge on any atom is -0.383 e. The van der Waals surface area contributed by atoms with Gasteiger partial charge in [-0.2, -0.15) is 5.10 Å². The molecule has 1 aromatic heterocycles. The van der Waals surface area contributed by atoms with Crippen LogP contribution in [0.25, 0.3) is 0 Å². The van der Waals surface area contributed by atoms with Gasteiger partial charge in [0.15, 0.2) is 0 Å². The van der Waals surface area contributed by atoms with Crippen molar-refractivity contribution < 1.29 is 9.53 Å². The number of Topliss-reactive ketones (excluding diaryl/α,β-unsaturated/α-hetero) is 1. The number of rotatable bonds is 6. The number of ether oxygens (including phenoxy) is 1. The molecule has 1 aromatic rings. The van der Waals surface area contributed by atoms with Crippen molar-refractivity contribution in [3.05, 3.63) is 16.9 Å². The maximum Gasteiger partial charge on any atom is 0.201 e. The summed E-state index contributed by atoms with van der Waals surface area (Å²) in [6, 6.07) is -0.699. The highest BCUT2D eigenvalue weighted by Crippen LogP contribution is 2.17. The fourth-order valence-electron chi connectivity index (χ4n) is 1.42. The maximum absolute atomic E-state index is 12.0. The van der Waals surface area contributed by atoms with Crippen molar-refractivity contribution in [2.45, 2.75) is 25.9 Å². The van der Waals surface area contributed by atoms with Crippen LogP contribution in [0.15, 0.2) is 6.20 Å². The van der Waals surface area contributed by atoms with Gasteiger partial charge in [0.25, 0.3) is 0 Å². The van der Waals surface area contributed by atoms with Crippen LogP contribution in [0.5, 0.6) is 0 Å². The lowest BCUT2D eigenvalue weighted by molar-refractivity contribution is 0.0881. The second-order valence-corrected chi connectivity index (χ2v) is 3.90. The SMILES string of the molecule is CCCn1ncc(Cl)c1C(=O)C(N)COC. The summed E-state index contributed by atoms with van der Waals surface area (Å²) < 4.78 is 6.43. The lowest BCUT2D eigenvalue weighted by Crippen LogP contribution is -2.36. The van der Waals surface area contributed by atoms with Gasteiger partial charge in [-0.1, -0.05) is 18.5 Å². The number of carbonyl (C=O) groups excluding carboxylic acids is 1. The zero-order valence-corrected chi connectivity index (χ0v) is 10.2. The first-order valence-electron chi connectivity index (χ1n) is 5.11. The Labute approximate surface area is 99.5 Å². The third kappa shape index (κ3) is 2.81. The average Bonchev–Trinajstić information content (AvgIpc) is 2.60. The van der Waals surface area contributed by atoms with Crippen LogP contribution >= 0.6 is 11.6 Å². The highest BCUT2D eigenvalue weighted by Gasteiger charge is 2.22. The fraction of sp³-hybridized carbons (Fsp3) is 0.600. The largest absolute Gasteiger partial charge is 0.383 e. The molecule has 2 N–H and O–H groups in total. The molecule has 16 heavy (non-hydrogen) atoms. The number of hydrogen-bond acceptors (Lipinski definition) is 4. The maximum atomic E-state index is 12.0. The predicted octanol–water partition coefficient (Wildman–Crippen LogP) is 1.10. The molecule has 0 radical (unpaired) electrons. The van der Waals surface area contributed by atoms with E-state index in [9.17, 15) is 4.79 Å². The van der Waals surface area contributed by atoms with Crippen molar-refractivity contribution in [1.82, 2.24) is 9.78 Å². The van der Waals surface area contributed by atoms with Gasteiger partial charge in [0.2, 0.25) is 5.78 Å². The van der Waals surface area contributed by atoms with E-state index in [-0.39, 0.29) is 12.4 Å². The minimum absolute atomic E-state index is 0.173. The van der Waals surface area contributed by atoms with Crippen LogP contribution in [0, 0.1) is 0 Å². The molecule has 90 valence electrons. The number of halogens is 1. The van der Waals surface area contributed by atoms with Gasteiger partial charge < -0.3 is 10.5 Å². The van der Waals surface area contributed by atoms with E-state index in [1.165, 1.54) is 13.3 Å². The molecule has 5 nitrogen and oxygen atoms in total. The number of nitrogens with zero attached hydrogens (tertiary/aromatic N) is 2. The van der Waals surface area contributed by atoms with Gasteiger partial charge in [-0.3, -0.25) is 9.48 Å². The van der Waals surface area contributed by atoms with Crippen LogP contribution in [0.1, 0.15) is 23.8 Å². The monoisotopic (exact) mass is 245 g/mol. The molecule has 0 fully saturated rings. The third-order valence-corrected chi connectivity index (χ3v) is 2.42. The average molecular weight is 246 g/mol. The van der Waals surface area contributed by atoms with E-state index in [1.54, 1.807) is 4.68 Å². The molecule has 0 aromatic carbocycles. The van der Waals surface area contributed by atoms with E-state index < -0.39 is 6.04 Å². The lowest BCUT2D eigenvalue weighted by Gasteiger charge is -2.11. The number of aromatic nitrogens is 2. The Balaban J connectivity index is 2.92. The first kappa shape index (κ1) is 13.2. The van der Waals surface area contributed by atoms with Gasteiger partial charge in [-0.25, -0.2) is 0 Å². The number of aryl methyl sites for hydroxylation is 1. The molecule has 0 aliphatic carbocycles. The van der Waals surface area contributed by atoms with Crippen LogP contribution < -0.4 is 5.73 Å². The third-order valence-electron chi connectivity index (χ3n) is 2.15. The van der Waals surface area contributed by atoms with Crippen molar-refractivity contribution in [2.24, 2.45) is 5.73 Å². The molecule has 1 atom stereocenters. The van der Waals surface area contributed by atoms with Crippen LogP contribution in [0.2, 0.25) is 5.02 Å². The number of methoxy groups -OCH3 is 1. The molecule has 1 unspecified atom stereocenters. The Kier molecular flexibility index (Phi) is 4.92. The Bertz CT molecular complexity index is 365. The molecule has 0 amide bonds. The first-order chi connectivity index (χ1) is 7.61. The van der Waals surface area contributed by atoms with Crippen LogP contribution in [-0.4, -0.2) is 35.3 Å². The summed E-state index contributed by atoms with van der Waals surface area (Å²) in [5.74, 6) is -0.238. The number of ketones is 1. The Morgan fingerprint density at radius 2 is 2.44 bits per heavy atom. The molecule has 0 spiro atoms. The Hall–Kier alpha value is -0.910. The molecule has 0 aliphatic rings. The zero-order valence-electron chi connectivity index (χ0n) is 9.44. The Morgan fingerprint density at radius 1 is 1.75 bits per heavy atom. The zero-order chi connectivity index (χ0) is 12.1. The minimum atomic E-state index is -0.699. The first-order valence-corrected chi connectivity index (χ1v) is 5.49. The normalized spacial score (nSPS) is 12.8. The van der Waals surface area contributed by atoms with Crippen LogP contribution in [0.4, 0.5) is 0 Å². The van der Waals surface area contributed by atoms with Crippen LogP contribution in [-0.2, 0) is 11.3 Å². The van der Waals surface area contributed by atoms with E-state index in [1.807, 2.05) is 6.92 Å². The topological polar surface area (TPSA) is 70.1 Å². The second-order valence-electron chi connectivity index (χ2n) is 3.49. The summed E-state index contributed by atoms with van der Waals surface area (Å²) in [5.41, 5.74) is 6.05. The molecule has 1 rings (SSSR count). The summed E-state index contributed by atoms with van der Waals surface area (Å²) in [5, 5.41) is 4.37. The Morgan fingerprint density at radius 3 is 3.00 bits per heavy atom.